The van der Waals surface area contributed by atoms with Crippen LogP contribution in [-0.4, -0.2) is 84.0 Å². The average molecular weight is 418 g/mol. The van der Waals surface area contributed by atoms with Crippen LogP contribution >= 0.6 is 0 Å². The van der Waals surface area contributed by atoms with Crippen LogP contribution in [0.15, 0.2) is 24.3 Å². The zero-order valence-corrected chi connectivity index (χ0v) is 17.8. The molecule has 164 valence electrons. The number of piperidine rings is 1. The van der Waals surface area contributed by atoms with E-state index in [0.717, 1.165) is 64.0 Å². The quantitative estimate of drug-likeness (QED) is 0.756. The SMILES string of the molecule is CC(=O)N1CCN(C2CCOC3(CCN(C(=O)Cc4cccc(F)c4)CC3)C2)CC1. The van der Waals surface area contributed by atoms with Crippen molar-refractivity contribution < 1.29 is 18.7 Å². The summed E-state index contributed by atoms with van der Waals surface area (Å²) in [7, 11) is 0. The van der Waals surface area contributed by atoms with E-state index in [2.05, 4.69) is 4.90 Å². The highest BCUT2D eigenvalue weighted by atomic mass is 19.1. The number of ether oxygens (including phenoxy) is 1. The molecule has 1 atom stereocenters. The molecule has 3 fully saturated rings. The van der Waals surface area contributed by atoms with Gasteiger partial charge in [0.1, 0.15) is 5.82 Å². The molecule has 1 unspecified atom stereocenters. The fourth-order valence-electron chi connectivity index (χ4n) is 5.16. The summed E-state index contributed by atoms with van der Waals surface area (Å²) in [5.74, 6) is -0.0831. The van der Waals surface area contributed by atoms with Crippen molar-refractivity contribution in [2.45, 2.75) is 50.7 Å². The highest BCUT2D eigenvalue weighted by molar-refractivity contribution is 5.78. The zero-order valence-electron chi connectivity index (χ0n) is 17.8. The second kappa shape index (κ2) is 9.02. The molecule has 4 rings (SSSR count). The number of hydrogen-bond acceptors (Lipinski definition) is 4. The van der Waals surface area contributed by atoms with Crippen LogP contribution in [0.25, 0.3) is 0 Å². The van der Waals surface area contributed by atoms with Crippen LogP contribution in [-0.2, 0) is 20.7 Å². The maximum Gasteiger partial charge on any atom is 0.226 e. The van der Waals surface area contributed by atoms with Crippen molar-refractivity contribution in [3.8, 4) is 0 Å². The first kappa shape index (κ1) is 21.2. The van der Waals surface area contributed by atoms with Crippen LogP contribution in [0, 0.1) is 5.82 Å². The van der Waals surface area contributed by atoms with Crippen LogP contribution in [0.3, 0.4) is 0 Å². The molecule has 0 N–H and O–H groups in total. The van der Waals surface area contributed by atoms with Gasteiger partial charge in [0.2, 0.25) is 11.8 Å². The number of halogens is 1. The largest absolute Gasteiger partial charge is 0.375 e. The molecule has 3 saturated heterocycles. The Labute approximate surface area is 177 Å². The number of amides is 2. The van der Waals surface area contributed by atoms with Gasteiger partial charge in [0.05, 0.1) is 12.0 Å². The molecular formula is C23H32FN3O3. The summed E-state index contributed by atoms with van der Waals surface area (Å²) in [4.78, 5) is 30.6. The van der Waals surface area contributed by atoms with Crippen molar-refractivity contribution in [2.24, 2.45) is 0 Å². The lowest BCUT2D eigenvalue weighted by Crippen LogP contribution is -2.57. The molecule has 3 heterocycles. The Kier molecular flexibility index (Phi) is 6.39. The second-order valence-electron chi connectivity index (χ2n) is 8.91. The van der Waals surface area contributed by atoms with Crippen molar-refractivity contribution >= 4 is 11.8 Å². The smallest absolute Gasteiger partial charge is 0.226 e. The first-order valence-electron chi connectivity index (χ1n) is 11.1. The third-order valence-corrected chi connectivity index (χ3v) is 7.01. The fourth-order valence-corrected chi connectivity index (χ4v) is 5.16. The molecule has 3 aliphatic heterocycles. The molecular weight excluding hydrogens is 385 g/mol. The van der Waals surface area contributed by atoms with Gasteiger partial charge in [-0.1, -0.05) is 12.1 Å². The van der Waals surface area contributed by atoms with Crippen LogP contribution in [0.5, 0.6) is 0 Å². The third kappa shape index (κ3) is 4.83. The normalized spacial score (nSPS) is 24.8. The maximum absolute atomic E-state index is 13.4. The lowest BCUT2D eigenvalue weighted by molar-refractivity contribution is -0.151. The van der Waals surface area contributed by atoms with Gasteiger partial charge < -0.3 is 14.5 Å². The molecule has 1 aromatic rings. The van der Waals surface area contributed by atoms with Gasteiger partial charge in [-0.05, 0) is 43.4 Å². The second-order valence-corrected chi connectivity index (χ2v) is 8.91. The number of carbonyl (C=O) groups excluding carboxylic acids is 2. The Balaban J connectivity index is 1.29. The summed E-state index contributed by atoms with van der Waals surface area (Å²) in [6.45, 7) is 7.26. The number of hydrogen-bond donors (Lipinski definition) is 0. The van der Waals surface area contributed by atoms with Crippen molar-refractivity contribution in [2.75, 3.05) is 45.9 Å². The molecule has 7 heteroatoms. The predicted molar refractivity (Wildman–Crippen MR) is 111 cm³/mol. The summed E-state index contributed by atoms with van der Waals surface area (Å²) in [6.07, 6.45) is 3.98. The zero-order chi connectivity index (χ0) is 21.1. The van der Waals surface area contributed by atoms with Gasteiger partial charge in [0.15, 0.2) is 0 Å². The standard InChI is InChI=1S/C23H32FN3O3/c1-18(28)25-10-12-26(13-11-25)21-5-14-30-23(17-21)6-8-27(9-7-23)22(29)16-19-3-2-4-20(24)15-19/h2-4,15,21H,5-14,16-17H2,1H3. The maximum atomic E-state index is 13.4. The summed E-state index contributed by atoms with van der Waals surface area (Å²) in [6, 6.07) is 6.77. The van der Waals surface area contributed by atoms with E-state index in [0.29, 0.717) is 19.1 Å². The van der Waals surface area contributed by atoms with Crippen molar-refractivity contribution in [1.29, 1.82) is 0 Å². The number of piperazine rings is 1. The van der Waals surface area contributed by atoms with Gasteiger partial charge in [-0.2, -0.15) is 0 Å². The minimum Gasteiger partial charge on any atom is -0.375 e. The van der Waals surface area contributed by atoms with Crippen LogP contribution in [0.4, 0.5) is 4.39 Å². The van der Waals surface area contributed by atoms with Gasteiger partial charge >= 0.3 is 0 Å². The predicted octanol–water partition coefficient (Wildman–Crippen LogP) is 2.07. The molecule has 0 aromatic heterocycles. The molecule has 0 aliphatic carbocycles. The molecule has 6 nitrogen and oxygen atoms in total. The van der Waals surface area contributed by atoms with Crippen LogP contribution in [0.1, 0.15) is 38.2 Å². The molecule has 0 bridgehead atoms. The number of likely N-dealkylation sites (tertiary alicyclic amines) is 1. The Bertz CT molecular complexity index is 771. The van der Waals surface area contributed by atoms with E-state index < -0.39 is 0 Å². The summed E-state index contributed by atoms with van der Waals surface area (Å²) in [5, 5.41) is 0. The Morgan fingerprint density at radius 3 is 2.50 bits per heavy atom. The minimum absolute atomic E-state index is 0.0585. The highest BCUT2D eigenvalue weighted by Gasteiger charge is 2.42. The summed E-state index contributed by atoms with van der Waals surface area (Å²) in [5.41, 5.74) is 0.579. The first-order chi connectivity index (χ1) is 14.4. The molecule has 0 radical (unpaired) electrons. The summed E-state index contributed by atoms with van der Waals surface area (Å²) < 4.78 is 19.7. The van der Waals surface area contributed by atoms with E-state index >= 15 is 0 Å². The van der Waals surface area contributed by atoms with Gasteiger partial charge in [-0.15, -0.1) is 0 Å². The van der Waals surface area contributed by atoms with E-state index in [9.17, 15) is 14.0 Å². The highest BCUT2D eigenvalue weighted by Crippen LogP contribution is 2.37. The third-order valence-electron chi connectivity index (χ3n) is 7.01. The van der Waals surface area contributed by atoms with Gasteiger partial charge in [-0.25, -0.2) is 4.39 Å². The fraction of sp³-hybridized carbons (Fsp3) is 0.652. The molecule has 1 aromatic carbocycles. The van der Waals surface area contributed by atoms with E-state index in [1.54, 1.807) is 19.1 Å². The first-order valence-corrected chi connectivity index (χ1v) is 11.1. The topological polar surface area (TPSA) is 53.1 Å². The van der Waals surface area contributed by atoms with Crippen molar-refractivity contribution in [3.05, 3.63) is 35.6 Å². The molecule has 1 spiro atoms. The monoisotopic (exact) mass is 417 g/mol. The number of carbonyl (C=O) groups is 2. The van der Waals surface area contributed by atoms with Gasteiger partial charge in [0.25, 0.3) is 0 Å². The molecule has 30 heavy (non-hydrogen) atoms. The van der Waals surface area contributed by atoms with Crippen molar-refractivity contribution in [1.82, 2.24) is 14.7 Å². The summed E-state index contributed by atoms with van der Waals surface area (Å²) >= 11 is 0. The van der Waals surface area contributed by atoms with E-state index in [1.807, 2.05) is 9.80 Å². The Morgan fingerprint density at radius 2 is 1.83 bits per heavy atom. The lowest BCUT2D eigenvalue weighted by atomic mass is 9.81. The molecule has 3 aliphatic rings. The lowest BCUT2D eigenvalue weighted by Gasteiger charge is -2.49. The van der Waals surface area contributed by atoms with E-state index in [-0.39, 0.29) is 29.7 Å². The molecule has 2 amide bonds. The van der Waals surface area contributed by atoms with Crippen LogP contribution < -0.4 is 0 Å². The minimum atomic E-state index is -0.302. The molecule has 0 saturated carbocycles. The van der Waals surface area contributed by atoms with Gasteiger partial charge in [0, 0.05) is 58.8 Å². The van der Waals surface area contributed by atoms with E-state index in [1.165, 1.54) is 12.1 Å². The van der Waals surface area contributed by atoms with Gasteiger partial charge in [-0.3, -0.25) is 14.5 Å². The Morgan fingerprint density at radius 1 is 1.10 bits per heavy atom. The van der Waals surface area contributed by atoms with E-state index in [4.69, 9.17) is 4.74 Å². The van der Waals surface area contributed by atoms with Crippen LogP contribution in [0.2, 0.25) is 0 Å². The Hall–Kier alpha value is -1.99. The number of nitrogens with zero attached hydrogens (tertiary/aromatic N) is 3. The number of benzene rings is 1. The van der Waals surface area contributed by atoms with Crippen molar-refractivity contribution in [3.63, 3.8) is 0 Å². The average Bonchev–Trinajstić information content (AvgIpc) is 2.74. The number of rotatable bonds is 3.